The number of nitrogens with zero attached hydrogens (tertiary/aromatic N) is 2. The van der Waals surface area contributed by atoms with Crippen LogP contribution in [0.5, 0.6) is 0 Å². The van der Waals surface area contributed by atoms with Gasteiger partial charge in [0.05, 0.1) is 5.75 Å². The normalized spacial score (nSPS) is 18.4. The number of rotatable bonds is 8. The molecule has 130 valence electrons. The SMILES string of the molecule is CN=C(NCCCN1CCC(C)CC1)NCCCS(C)(=O)=O. The smallest absolute Gasteiger partial charge is 0.190 e. The Hall–Kier alpha value is -0.820. The Kier molecular flexibility index (Phi) is 8.78. The summed E-state index contributed by atoms with van der Waals surface area (Å²) in [6, 6.07) is 0. The van der Waals surface area contributed by atoms with Crippen LogP contribution >= 0.6 is 0 Å². The summed E-state index contributed by atoms with van der Waals surface area (Å²) in [5, 5.41) is 6.43. The summed E-state index contributed by atoms with van der Waals surface area (Å²) in [6.45, 7) is 7.41. The van der Waals surface area contributed by atoms with E-state index in [4.69, 9.17) is 0 Å². The molecule has 1 fully saturated rings. The predicted molar refractivity (Wildman–Crippen MR) is 93.1 cm³/mol. The lowest BCUT2D eigenvalue weighted by atomic mass is 9.99. The highest BCUT2D eigenvalue weighted by atomic mass is 32.2. The second-order valence-electron chi connectivity index (χ2n) is 6.29. The van der Waals surface area contributed by atoms with Crippen molar-refractivity contribution in [2.75, 3.05) is 51.8 Å². The number of sulfone groups is 1. The van der Waals surface area contributed by atoms with Crippen molar-refractivity contribution in [1.29, 1.82) is 0 Å². The van der Waals surface area contributed by atoms with Crippen molar-refractivity contribution >= 4 is 15.8 Å². The monoisotopic (exact) mass is 332 g/mol. The molecule has 0 spiro atoms. The first-order valence-corrected chi connectivity index (χ1v) is 10.3. The van der Waals surface area contributed by atoms with Crippen molar-refractivity contribution < 1.29 is 8.42 Å². The van der Waals surface area contributed by atoms with Gasteiger partial charge in [0, 0.05) is 26.4 Å². The highest BCUT2D eigenvalue weighted by Crippen LogP contribution is 2.15. The molecule has 6 nitrogen and oxygen atoms in total. The van der Waals surface area contributed by atoms with Gasteiger partial charge in [-0.3, -0.25) is 4.99 Å². The molecule has 1 aliphatic rings. The number of piperidine rings is 1. The van der Waals surface area contributed by atoms with E-state index in [-0.39, 0.29) is 5.75 Å². The van der Waals surface area contributed by atoms with Crippen LogP contribution in [-0.4, -0.2) is 71.1 Å². The molecule has 0 aromatic rings. The van der Waals surface area contributed by atoms with Gasteiger partial charge in [-0.15, -0.1) is 0 Å². The Morgan fingerprint density at radius 2 is 1.77 bits per heavy atom. The Labute approximate surface area is 135 Å². The van der Waals surface area contributed by atoms with Gasteiger partial charge in [-0.2, -0.15) is 0 Å². The van der Waals surface area contributed by atoms with E-state index < -0.39 is 9.84 Å². The number of hydrogen-bond acceptors (Lipinski definition) is 4. The molecule has 0 bridgehead atoms. The molecule has 0 radical (unpaired) electrons. The van der Waals surface area contributed by atoms with Crippen molar-refractivity contribution in [3.05, 3.63) is 0 Å². The molecule has 0 atom stereocenters. The number of hydrogen-bond donors (Lipinski definition) is 2. The number of aliphatic imine (C=N–C) groups is 1. The molecule has 1 saturated heterocycles. The van der Waals surface area contributed by atoms with Crippen LogP contribution in [0.1, 0.15) is 32.6 Å². The fourth-order valence-corrected chi connectivity index (χ4v) is 3.23. The van der Waals surface area contributed by atoms with Crippen LogP contribution in [0.25, 0.3) is 0 Å². The van der Waals surface area contributed by atoms with Crippen LogP contribution in [-0.2, 0) is 9.84 Å². The Bertz CT molecular complexity index is 429. The van der Waals surface area contributed by atoms with Crippen molar-refractivity contribution in [2.24, 2.45) is 10.9 Å². The minimum Gasteiger partial charge on any atom is -0.356 e. The summed E-state index contributed by atoms with van der Waals surface area (Å²) in [5.74, 6) is 1.84. The first-order chi connectivity index (χ1) is 10.4. The van der Waals surface area contributed by atoms with Crippen LogP contribution in [0.4, 0.5) is 0 Å². The lowest BCUT2D eigenvalue weighted by Crippen LogP contribution is -2.40. The molecule has 0 aromatic heterocycles. The van der Waals surface area contributed by atoms with Crippen molar-refractivity contribution in [3.63, 3.8) is 0 Å². The maximum Gasteiger partial charge on any atom is 0.190 e. The van der Waals surface area contributed by atoms with Crippen LogP contribution in [0.15, 0.2) is 4.99 Å². The molecule has 0 saturated carbocycles. The fraction of sp³-hybridized carbons (Fsp3) is 0.933. The van der Waals surface area contributed by atoms with Crippen LogP contribution in [0.3, 0.4) is 0 Å². The molecule has 7 heteroatoms. The summed E-state index contributed by atoms with van der Waals surface area (Å²) < 4.78 is 22.1. The molecule has 0 unspecified atom stereocenters. The summed E-state index contributed by atoms with van der Waals surface area (Å²) in [5.41, 5.74) is 0. The van der Waals surface area contributed by atoms with Gasteiger partial charge in [0.2, 0.25) is 0 Å². The average molecular weight is 333 g/mol. The van der Waals surface area contributed by atoms with Crippen LogP contribution in [0, 0.1) is 5.92 Å². The summed E-state index contributed by atoms with van der Waals surface area (Å²) in [7, 11) is -1.14. The minimum atomic E-state index is -2.87. The first-order valence-electron chi connectivity index (χ1n) is 8.25. The first kappa shape index (κ1) is 19.2. The van der Waals surface area contributed by atoms with E-state index in [0.717, 1.165) is 31.4 Å². The molecular formula is C15H32N4O2S. The second kappa shape index (κ2) is 10.0. The molecule has 0 aromatic carbocycles. The van der Waals surface area contributed by atoms with Gasteiger partial charge in [-0.05, 0) is 51.2 Å². The predicted octanol–water partition coefficient (Wildman–Crippen LogP) is 0.708. The molecule has 0 aliphatic carbocycles. The van der Waals surface area contributed by atoms with Gasteiger partial charge in [0.1, 0.15) is 9.84 Å². The molecule has 1 heterocycles. The van der Waals surface area contributed by atoms with Crippen molar-refractivity contribution in [3.8, 4) is 0 Å². The Morgan fingerprint density at radius 1 is 1.18 bits per heavy atom. The summed E-state index contributed by atoms with van der Waals surface area (Å²) in [6.07, 6.45) is 5.60. The zero-order chi connectivity index (χ0) is 16.4. The topological polar surface area (TPSA) is 73.8 Å². The molecule has 22 heavy (non-hydrogen) atoms. The lowest BCUT2D eigenvalue weighted by molar-refractivity contribution is 0.191. The number of nitrogens with one attached hydrogen (secondary N) is 2. The minimum absolute atomic E-state index is 0.213. The zero-order valence-electron chi connectivity index (χ0n) is 14.3. The van der Waals surface area contributed by atoms with E-state index in [1.165, 1.54) is 32.2 Å². The van der Waals surface area contributed by atoms with E-state index in [1.807, 2.05) is 0 Å². The largest absolute Gasteiger partial charge is 0.356 e. The standard InChI is InChI=1S/C15H32N4O2S/c1-14-6-11-19(12-7-14)10-4-8-17-15(16-2)18-9-5-13-22(3,20)21/h14H,4-13H2,1-3H3,(H2,16,17,18). The van der Waals surface area contributed by atoms with Crippen LogP contribution in [0.2, 0.25) is 0 Å². The summed E-state index contributed by atoms with van der Waals surface area (Å²) >= 11 is 0. The highest BCUT2D eigenvalue weighted by Gasteiger charge is 2.14. The van der Waals surface area contributed by atoms with Gasteiger partial charge in [-0.1, -0.05) is 6.92 Å². The third-order valence-electron chi connectivity index (χ3n) is 4.03. The average Bonchev–Trinajstić information content (AvgIpc) is 2.46. The van der Waals surface area contributed by atoms with Crippen molar-refractivity contribution in [1.82, 2.24) is 15.5 Å². The van der Waals surface area contributed by atoms with Gasteiger partial charge >= 0.3 is 0 Å². The highest BCUT2D eigenvalue weighted by molar-refractivity contribution is 7.90. The quantitative estimate of drug-likeness (QED) is 0.389. The van der Waals surface area contributed by atoms with E-state index >= 15 is 0 Å². The van der Waals surface area contributed by atoms with E-state index in [0.29, 0.717) is 13.0 Å². The van der Waals surface area contributed by atoms with Gasteiger partial charge in [0.15, 0.2) is 5.96 Å². The Morgan fingerprint density at radius 3 is 2.32 bits per heavy atom. The van der Waals surface area contributed by atoms with Crippen molar-refractivity contribution in [2.45, 2.75) is 32.6 Å². The molecule has 1 rings (SSSR count). The third kappa shape index (κ3) is 9.25. The van der Waals surface area contributed by atoms with E-state index in [9.17, 15) is 8.42 Å². The maximum absolute atomic E-state index is 11.0. The molecule has 0 amide bonds. The van der Waals surface area contributed by atoms with Gasteiger partial charge < -0.3 is 15.5 Å². The second-order valence-corrected chi connectivity index (χ2v) is 8.55. The molecular weight excluding hydrogens is 300 g/mol. The molecule has 2 N–H and O–H groups in total. The molecule has 1 aliphatic heterocycles. The van der Waals surface area contributed by atoms with Gasteiger partial charge in [-0.25, -0.2) is 8.42 Å². The fourth-order valence-electron chi connectivity index (χ4n) is 2.56. The van der Waals surface area contributed by atoms with E-state index in [1.54, 1.807) is 7.05 Å². The lowest BCUT2D eigenvalue weighted by Gasteiger charge is -2.30. The van der Waals surface area contributed by atoms with Gasteiger partial charge in [0.25, 0.3) is 0 Å². The zero-order valence-corrected chi connectivity index (χ0v) is 15.1. The Balaban J connectivity index is 2.06. The maximum atomic E-state index is 11.0. The van der Waals surface area contributed by atoms with E-state index in [2.05, 4.69) is 27.4 Å². The number of guanidine groups is 1. The summed E-state index contributed by atoms with van der Waals surface area (Å²) in [4.78, 5) is 6.68. The van der Waals surface area contributed by atoms with Crippen LogP contribution < -0.4 is 10.6 Å². The number of likely N-dealkylation sites (tertiary alicyclic amines) is 1. The third-order valence-corrected chi connectivity index (χ3v) is 5.06.